The number of hydrogen-bond donors (Lipinski definition) is 0. The van der Waals surface area contributed by atoms with Gasteiger partial charge in [-0.15, -0.1) is 0 Å². The van der Waals surface area contributed by atoms with E-state index < -0.39 is 31.9 Å². The fraction of sp³-hybridized carbons (Fsp3) is 0.455. The van der Waals surface area contributed by atoms with E-state index in [1.165, 1.54) is 10.4 Å². The van der Waals surface area contributed by atoms with Gasteiger partial charge in [-0.2, -0.15) is 0 Å². The molecule has 1 aromatic heterocycles. The number of rotatable bonds is 7. The Morgan fingerprint density at radius 3 is 1.88 bits per heavy atom. The number of benzene rings is 2. The third-order valence-corrected chi connectivity index (χ3v) is 13.2. The average molecular weight is 575 g/mol. The van der Waals surface area contributed by atoms with Crippen molar-refractivity contribution in [3.63, 3.8) is 0 Å². The van der Waals surface area contributed by atoms with E-state index in [1.54, 1.807) is 19.1 Å². The van der Waals surface area contributed by atoms with Crippen LogP contribution in [0.25, 0.3) is 0 Å². The van der Waals surface area contributed by atoms with Crippen LogP contribution in [0.1, 0.15) is 71.9 Å². The van der Waals surface area contributed by atoms with Crippen molar-refractivity contribution in [3.8, 4) is 0 Å². The predicted molar refractivity (Wildman–Crippen MR) is 163 cm³/mol. The van der Waals surface area contributed by atoms with E-state index in [2.05, 4.69) is 81.4 Å². The standard InChI is InChI=1S/C33H42N2O5Si/c1-31(2,3)39-30(36)35-23-21-33(22-23,26-19-20-27(34-28(26)35)29(37-7)38-8)40-41(32(4,5)6,24-15-11-9-12-16-24)25-17-13-10-14-18-25/h9-20,23,29H,21-22H2,1-8H3. The molecule has 3 heterocycles. The second-order valence-electron chi connectivity index (χ2n) is 13.1. The molecular formula is C33H42N2O5Si. The lowest BCUT2D eigenvalue weighted by Crippen LogP contribution is -2.73. The number of methoxy groups -OCH3 is 2. The summed E-state index contributed by atoms with van der Waals surface area (Å²) in [5.41, 5.74) is 0.239. The van der Waals surface area contributed by atoms with Gasteiger partial charge in [-0.05, 0) is 42.2 Å². The molecule has 1 amide bonds. The lowest BCUT2D eigenvalue weighted by Gasteiger charge is -2.60. The van der Waals surface area contributed by atoms with Crippen molar-refractivity contribution in [3.05, 3.63) is 84.1 Å². The highest BCUT2D eigenvalue weighted by molar-refractivity contribution is 6.99. The maximum absolute atomic E-state index is 13.6. The number of carbonyl (C=O) groups is 1. The molecule has 41 heavy (non-hydrogen) atoms. The number of hydrogen-bond acceptors (Lipinski definition) is 6. The number of ether oxygens (including phenoxy) is 3. The molecule has 1 fully saturated rings. The van der Waals surface area contributed by atoms with Gasteiger partial charge in [0.25, 0.3) is 8.32 Å². The maximum atomic E-state index is 13.6. The van der Waals surface area contributed by atoms with E-state index in [0.717, 1.165) is 5.56 Å². The van der Waals surface area contributed by atoms with Gasteiger partial charge in [0.05, 0.1) is 11.3 Å². The molecule has 0 spiro atoms. The highest BCUT2D eigenvalue weighted by atomic mass is 28.4. The Labute approximate surface area is 244 Å². The fourth-order valence-corrected chi connectivity index (χ4v) is 11.2. The zero-order valence-electron chi connectivity index (χ0n) is 25.4. The molecule has 2 aliphatic heterocycles. The quantitative estimate of drug-likeness (QED) is 0.252. The van der Waals surface area contributed by atoms with Crippen LogP contribution >= 0.6 is 0 Å². The summed E-state index contributed by atoms with van der Waals surface area (Å²) in [6.45, 7) is 12.5. The third kappa shape index (κ3) is 5.12. The summed E-state index contributed by atoms with van der Waals surface area (Å²) in [6.07, 6.45) is 0.275. The van der Waals surface area contributed by atoms with Crippen LogP contribution in [0.15, 0.2) is 72.8 Å². The normalized spacial score (nSPS) is 20.4. The number of carbonyl (C=O) groups excluding carboxylic acids is 1. The molecule has 3 aromatic rings. The molecule has 0 saturated heterocycles. The highest BCUT2D eigenvalue weighted by Crippen LogP contribution is 2.58. The SMILES string of the molecule is COC(OC)c1ccc2c(n1)N(C(=O)OC(C)(C)C)C1CC2(O[Si](c2ccccc2)(c2ccccc2)C(C)(C)C)C1. The zero-order chi connectivity index (χ0) is 29.6. The van der Waals surface area contributed by atoms with E-state index in [4.69, 9.17) is 23.6 Å². The molecule has 2 aromatic carbocycles. The summed E-state index contributed by atoms with van der Waals surface area (Å²) in [5.74, 6) is 0.552. The number of pyridine rings is 1. The maximum Gasteiger partial charge on any atom is 0.416 e. The first-order valence-corrected chi connectivity index (χ1v) is 16.2. The van der Waals surface area contributed by atoms with Gasteiger partial charge >= 0.3 is 6.09 Å². The summed E-state index contributed by atoms with van der Waals surface area (Å²) in [5, 5.41) is 2.25. The lowest BCUT2D eigenvalue weighted by molar-refractivity contribution is -0.108. The summed E-state index contributed by atoms with van der Waals surface area (Å²) >= 11 is 0. The van der Waals surface area contributed by atoms with E-state index in [0.29, 0.717) is 24.4 Å². The molecule has 1 saturated carbocycles. The first-order chi connectivity index (χ1) is 19.3. The van der Waals surface area contributed by atoms with Crippen LogP contribution in [-0.4, -0.2) is 45.3 Å². The van der Waals surface area contributed by atoms with Gasteiger partial charge in [-0.25, -0.2) is 9.78 Å². The first-order valence-electron chi connectivity index (χ1n) is 14.3. The topological polar surface area (TPSA) is 70.1 Å². The molecule has 0 radical (unpaired) electrons. The average Bonchev–Trinajstić information content (AvgIpc) is 2.90. The Morgan fingerprint density at radius 2 is 1.41 bits per heavy atom. The Kier molecular flexibility index (Phi) is 7.66. The lowest BCUT2D eigenvalue weighted by atomic mass is 9.67. The molecule has 8 heteroatoms. The molecule has 6 rings (SSSR count). The largest absolute Gasteiger partial charge is 0.443 e. The van der Waals surface area contributed by atoms with Crippen LogP contribution in [0, 0.1) is 0 Å². The molecule has 218 valence electrons. The molecule has 0 atom stereocenters. The Bertz CT molecular complexity index is 1330. The van der Waals surface area contributed by atoms with Crippen LogP contribution < -0.4 is 15.3 Å². The zero-order valence-corrected chi connectivity index (χ0v) is 26.4. The van der Waals surface area contributed by atoms with Gasteiger partial charge in [0.15, 0.2) is 0 Å². The van der Waals surface area contributed by atoms with Gasteiger partial charge in [-0.1, -0.05) is 87.5 Å². The summed E-state index contributed by atoms with van der Waals surface area (Å²) in [7, 11) is 0.263. The van der Waals surface area contributed by atoms with Gasteiger partial charge < -0.3 is 18.6 Å². The molecule has 2 bridgehead atoms. The molecule has 0 unspecified atom stereocenters. The number of nitrogens with zero attached hydrogens (tertiary/aromatic N) is 2. The van der Waals surface area contributed by atoms with Crippen LogP contribution in [0.4, 0.5) is 10.6 Å². The van der Waals surface area contributed by atoms with E-state index in [9.17, 15) is 4.79 Å². The minimum atomic E-state index is -2.89. The number of aromatic nitrogens is 1. The Balaban J connectivity index is 1.69. The number of amides is 1. The van der Waals surface area contributed by atoms with E-state index >= 15 is 0 Å². The van der Waals surface area contributed by atoms with Crippen LogP contribution in [-0.2, 0) is 24.2 Å². The summed E-state index contributed by atoms with van der Waals surface area (Å²) in [6, 6.07) is 25.2. The van der Waals surface area contributed by atoms with Crippen molar-refractivity contribution in [2.45, 2.75) is 83.0 Å². The van der Waals surface area contributed by atoms with Crippen LogP contribution in [0.5, 0.6) is 0 Å². The summed E-state index contributed by atoms with van der Waals surface area (Å²) < 4.78 is 24.6. The van der Waals surface area contributed by atoms with Gasteiger partial charge in [0.2, 0.25) is 6.29 Å². The minimum Gasteiger partial charge on any atom is -0.443 e. The van der Waals surface area contributed by atoms with E-state index in [1.807, 2.05) is 32.9 Å². The van der Waals surface area contributed by atoms with Gasteiger partial charge in [0, 0.05) is 38.7 Å². The smallest absolute Gasteiger partial charge is 0.416 e. The van der Waals surface area contributed by atoms with Crippen molar-refractivity contribution in [1.29, 1.82) is 0 Å². The first kappa shape index (κ1) is 29.4. The molecule has 1 aliphatic carbocycles. The van der Waals surface area contributed by atoms with Crippen molar-refractivity contribution in [2.75, 3.05) is 19.1 Å². The Morgan fingerprint density at radius 1 is 0.878 bits per heavy atom. The van der Waals surface area contributed by atoms with Crippen molar-refractivity contribution < 1.29 is 23.4 Å². The predicted octanol–water partition coefficient (Wildman–Crippen LogP) is 6.06. The van der Waals surface area contributed by atoms with Crippen molar-refractivity contribution in [1.82, 2.24) is 4.98 Å². The van der Waals surface area contributed by atoms with E-state index in [-0.39, 0.29) is 11.1 Å². The highest BCUT2D eigenvalue weighted by Gasteiger charge is 2.63. The van der Waals surface area contributed by atoms with Gasteiger partial charge in [0.1, 0.15) is 11.4 Å². The minimum absolute atomic E-state index is 0.0955. The third-order valence-electron chi connectivity index (χ3n) is 8.14. The van der Waals surface area contributed by atoms with Crippen LogP contribution in [0.3, 0.4) is 0 Å². The number of anilines is 1. The summed E-state index contributed by atoms with van der Waals surface area (Å²) in [4.78, 5) is 20.3. The van der Waals surface area contributed by atoms with Crippen molar-refractivity contribution in [2.24, 2.45) is 0 Å². The van der Waals surface area contributed by atoms with Crippen molar-refractivity contribution >= 4 is 30.6 Å². The fourth-order valence-electron chi connectivity index (χ4n) is 6.38. The second-order valence-corrected chi connectivity index (χ2v) is 17.3. The molecule has 3 aliphatic rings. The monoisotopic (exact) mass is 574 g/mol. The van der Waals surface area contributed by atoms with Crippen LogP contribution in [0.2, 0.25) is 5.04 Å². The molecular weight excluding hydrogens is 532 g/mol. The molecule has 0 N–H and O–H groups in total. The Hall–Kier alpha value is -3.04. The molecule has 7 nitrogen and oxygen atoms in total. The second kappa shape index (κ2) is 10.7. The van der Waals surface area contributed by atoms with Gasteiger partial charge in [-0.3, -0.25) is 4.90 Å².